The number of aromatic nitrogens is 2. The molecule has 0 spiro atoms. The lowest BCUT2D eigenvalue weighted by molar-refractivity contribution is 0.292. The SMILES string of the molecule is CCc1nc(C)c2c(F)c(Cl)c(SF)c(F)c2n1.FC1CC2CCCN2C1. The number of alkyl halides is 1. The molecule has 0 amide bonds. The van der Waals surface area contributed by atoms with Gasteiger partial charge in [-0.15, -0.1) is 0 Å². The molecule has 2 saturated heterocycles. The van der Waals surface area contributed by atoms with Gasteiger partial charge in [-0.3, -0.25) is 4.90 Å². The number of hydrogen-bond acceptors (Lipinski definition) is 4. The lowest BCUT2D eigenvalue weighted by Gasteiger charge is -2.11. The van der Waals surface area contributed by atoms with E-state index in [4.69, 9.17) is 11.6 Å². The summed E-state index contributed by atoms with van der Waals surface area (Å²) in [7, 11) is 0. The van der Waals surface area contributed by atoms with Crippen molar-refractivity contribution in [3.63, 3.8) is 0 Å². The van der Waals surface area contributed by atoms with Gasteiger partial charge in [-0.25, -0.2) is 23.1 Å². The van der Waals surface area contributed by atoms with Crippen LogP contribution in [0.1, 0.15) is 37.7 Å². The van der Waals surface area contributed by atoms with E-state index in [1.807, 2.05) is 0 Å². The molecule has 3 heterocycles. The first-order chi connectivity index (χ1) is 12.9. The molecular weight excluding hydrogens is 402 g/mol. The van der Waals surface area contributed by atoms with Crippen molar-refractivity contribution in [3.05, 3.63) is 28.2 Å². The molecule has 148 valence electrons. The minimum atomic E-state index is -0.955. The van der Waals surface area contributed by atoms with Crippen LogP contribution in [0.3, 0.4) is 0 Å². The summed E-state index contributed by atoms with van der Waals surface area (Å²) < 4.78 is 53.2. The third-order valence-corrected chi connectivity index (χ3v) is 6.01. The van der Waals surface area contributed by atoms with Gasteiger partial charge in [0.15, 0.2) is 11.6 Å². The van der Waals surface area contributed by atoms with Crippen LogP contribution in [0.5, 0.6) is 0 Å². The first kappa shape index (κ1) is 20.6. The fraction of sp³-hybridized carbons (Fsp3) is 0.556. The number of halogens is 5. The van der Waals surface area contributed by atoms with Gasteiger partial charge >= 0.3 is 0 Å². The predicted octanol–water partition coefficient (Wildman–Crippen LogP) is 5.60. The summed E-state index contributed by atoms with van der Waals surface area (Å²) >= 11 is 5.15. The van der Waals surface area contributed by atoms with Crippen LogP contribution >= 0.6 is 23.7 Å². The van der Waals surface area contributed by atoms with E-state index in [0.717, 1.165) is 13.0 Å². The Morgan fingerprint density at radius 2 is 2.00 bits per heavy atom. The van der Waals surface area contributed by atoms with Gasteiger partial charge in [0.05, 0.1) is 28.3 Å². The van der Waals surface area contributed by atoms with Gasteiger partial charge in [0.2, 0.25) is 0 Å². The van der Waals surface area contributed by atoms with Gasteiger partial charge in [-0.2, -0.15) is 3.89 Å². The molecule has 0 radical (unpaired) electrons. The Balaban J connectivity index is 0.000000193. The minimum Gasteiger partial charge on any atom is -0.297 e. The van der Waals surface area contributed by atoms with Gasteiger partial charge in [-0.05, 0) is 32.7 Å². The molecule has 4 rings (SSSR count). The maximum absolute atomic E-state index is 14.0. The zero-order valence-corrected chi connectivity index (χ0v) is 16.6. The molecule has 0 saturated carbocycles. The van der Waals surface area contributed by atoms with E-state index >= 15 is 0 Å². The van der Waals surface area contributed by atoms with Crippen molar-refractivity contribution in [2.75, 3.05) is 13.1 Å². The van der Waals surface area contributed by atoms with Gasteiger partial charge in [0.25, 0.3) is 0 Å². The minimum absolute atomic E-state index is 0.104. The van der Waals surface area contributed by atoms with Crippen molar-refractivity contribution in [2.45, 2.75) is 56.6 Å². The van der Waals surface area contributed by atoms with E-state index in [9.17, 15) is 17.1 Å². The Labute approximate surface area is 164 Å². The third-order valence-electron chi connectivity index (χ3n) is 5.01. The summed E-state index contributed by atoms with van der Waals surface area (Å²) in [5, 5.41) is -0.684. The van der Waals surface area contributed by atoms with Crippen molar-refractivity contribution >= 4 is 34.7 Å². The number of aryl methyl sites for hydroxylation is 2. The van der Waals surface area contributed by atoms with Crippen LogP contribution in [0.4, 0.5) is 17.1 Å². The fourth-order valence-corrected chi connectivity index (χ4v) is 4.30. The molecule has 27 heavy (non-hydrogen) atoms. The van der Waals surface area contributed by atoms with Crippen LogP contribution in [-0.4, -0.2) is 40.2 Å². The molecule has 2 aliphatic rings. The fourth-order valence-electron chi connectivity index (χ4n) is 3.72. The zero-order valence-electron chi connectivity index (χ0n) is 15.0. The molecule has 1 aromatic carbocycles. The monoisotopic (exact) mass is 421 g/mol. The summed E-state index contributed by atoms with van der Waals surface area (Å²) in [5.74, 6) is -1.48. The van der Waals surface area contributed by atoms with Gasteiger partial charge < -0.3 is 0 Å². The highest BCUT2D eigenvalue weighted by atomic mass is 35.5. The van der Waals surface area contributed by atoms with Gasteiger partial charge in [-0.1, -0.05) is 18.5 Å². The van der Waals surface area contributed by atoms with Crippen LogP contribution in [-0.2, 0) is 6.42 Å². The quantitative estimate of drug-likeness (QED) is 0.466. The van der Waals surface area contributed by atoms with E-state index in [0.29, 0.717) is 24.8 Å². The van der Waals surface area contributed by atoms with E-state index in [1.54, 1.807) is 6.92 Å². The predicted molar refractivity (Wildman–Crippen MR) is 99.7 cm³/mol. The van der Waals surface area contributed by atoms with Crippen LogP contribution in [0, 0.1) is 18.6 Å². The molecule has 2 fully saturated rings. The number of hydrogen-bond donors (Lipinski definition) is 0. The molecule has 3 nitrogen and oxygen atoms in total. The Bertz CT molecular complexity index is 839. The Hall–Kier alpha value is -1.12. The summed E-state index contributed by atoms with van der Waals surface area (Å²) in [6.45, 7) is 5.18. The highest BCUT2D eigenvalue weighted by molar-refractivity contribution is 7.94. The molecule has 2 aliphatic heterocycles. The second-order valence-corrected chi connectivity index (χ2v) is 7.72. The maximum atomic E-state index is 14.0. The van der Waals surface area contributed by atoms with Crippen LogP contribution in [0.25, 0.3) is 10.9 Å². The highest BCUT2D eigenvalue weighted by Gasteiger charge is 2.34. The number of nitrogens with zero attached hydrogens (tertiary/aromatic N) is 3. The molecule has 0 bridgehead atoms. The second-order valence-electron chi connectivity index (χ2n) is 6.77. The highest BCUT2D eigenvalue weighted by Crippen LogP contribution is 2.38. The Morgan fingerprint density at radius 3 is 2.63 bits per heavy atom. The lowest BCUT2D eigenvalue weighted by Crippen LogP contribution is -2.22. The topological polar surface area (TPSA) is 29.0 Å². The lowest BCUT2D eigenvalue weighted by atomic mass is 10.1. The molecular formula is C18H20ClF4N3S. The standard InChI is InChI=1S/C11H8ClF3N2S.C7H12FN/c1-3-5-16-4(2)6-8(13)7(12)11(18-15)9(14)10(6)17-5;8-6-4-7-2-1-3-9(7)5-6/h3H2,1-2H3;6-7H,1-5H2. The molecule has 2 unspecified atom stereocenters. The number of fused-ring (bicyclic) bond motifs is 2. The summed E-state index contributed by atoms with van der Waals surface area (Å²) in [4.78, 5) is 9.64. The van der Waals surface area contributed by atoms with Crippen LogP contribution < -0.4 is 0 Å². The largest absolute Gasteiger partial charge is 0.297 e. The van der Waals surface area contributed by atoms with Crippen molar-refractivity contribution in [1.82, 2.24) is 14.9 Å². The molecule has 2 atom stereocenters. The molecule has 9 heteroatoms. The second kappa shape index (κ2) is 8.49. The summed E-state index contributed by atoms with van der Waals surface area (Å²) in [5.41, 5.74) is 0.0481. The van der Waals surface area contributed by atoms with Gasteiger partial charge in [0, 0.05) is 19.0 Å². The summed E-state index contributed by atoms with van der Waals surface area (Å²) in [6, 6.07) is 0.611. The van der Waals surface area contributed by atoms with Crippen molar-refractivity contribution < 1.29 is 17.1 Å². The Morgan fingerprint density at radius 1 is 1.26 bits per heavy atom. The normalized spacial score (nSPS) is 22.0. The van der Waals surface area contributed by atoms with Crippen LogP contribution in [0.15, 0.2) is 4.90 Å². The van der Waals surface area contributed by atoms with E-state index < -0.39 is 39.9 Å². The first-order valence-electron chi connectivity index (χ1n) is 8.87. The van der Waals surface area contributed by atoms with Crippen LogP contribution in [0.2, 0.25) is 5.02 Å². The van der Waals surface area contributed by atoms with E-state index in [2.05, 4.69) is 14.9 Å². The molecule has 0 N–H and O–H groups in total. The number of benzene rings is 1. The maximum Gasteiger partial charge on any atom is 0.167 e. The van der Waals surface area contributed by atoms with Crippen molar-refractivity contribution in [1.29, 1.82) is 0 Å². The van der Waals surface area contributed by atoms with Crippen molar-refractivity contribution in [2.24, 2.45) is 0 Å². The third kappa shape index (κ3) is 4.03. The zero-order chi connectivity index (χ0) is 19.7. The number of rotatable bonds is 2. The van der Waals surface area contributed by atoms with E-state index in [-0.39, 0.29) is 16.6 Å². The van der Waals surface area contributed by atoms with E-state index in [1.165, 1.54) is 19.8 Å². The van der Waals surface area contributed by atoms with Crippen molar-refractivity contribution in [3.8, 4) is 0 Å². The molecule has 0 aliphatic carbocycles. The Kier molecular flexibility index (Phi) is 6.48. The molecule has 1 aromatic heterocycles. The summed E-state index contributed by atoms with van der Waals surface area (Å²) in [6.07, 6.45) is 3.28. The first-order valence-corrected chi connectivity index (χ1v) is 9.97. The smallest absolute Gasteiger partial charge is 0.167 e. The average molecular weight is 422 g/mol. The molecule has 2 aromatic rings. The average Bonchev–Trinajstić information content (AvgIpc) is 3.21. The van der Waals surface area contributed by atoms with Gasteiger partial charge in [0.1, 0.15) is 22.4 Å².